The number of carbonyl (C=O) groups excluding carboxylic acids is 1. The van der Waals surface area contributed by atoms with E-state index in [-0.39, 0.29) is 11.7 Å². The topological polar surface area (TPSA) is 73.6 Å². The number of esters is 1. The standard InChI is InChI=1S/C24H23N3O3S2/c1-14(2)30-23(29)20-15(3)26-24-27(21(20)17-5-7-18(31-4)8-6-17)22(28)19(32-24)13-16-9-11-25-12-10-16/h5-14,21H,1-4H3/b19-13-/t21-/m1/s1. The highest BCUT2D eigenvalue weighted by atomic mass is 32.2. The summed E-state index contributed by atoms with van der Waals surface area (Å²) in [7, 11) is 0. The molecular weight excluding hydrogens is 442 g/mol. The van der Waals surface area contributed by atoms with Gasteiger partial charge in [-0.1, -0.05) is 23.5 Å². The Kier molecular flexibility index (Phi) is 6.43. The van der Waals surface area contributed by atoms with Crippen molar-refractivity contribution in [3.05, 3.63) is 90.9 Å². The smallest absolute Gasteiger partial charge is 0.338 e. The van der Waals surface area contributed by atoms with Crippen molar-refractivity contribution >= 4 is 35.1 Å². The third-order valence-electron chi connectivity index (χ3n) is 5.02. The minimum Gasteiger partial charge on any atom is -0.459 e. The van der Waals surface area contributed by atoms with E-state index in [1.165, 1.54) is 11.3 Å². The number of pyridine rings is 1. The van der Waals surface area contributed by atoms with Gasteiger partial charge in [-0.25, -0.2) is 9.79 Å². The fourth-order valence-electron chi connectivity index (χ4n) is 3.57. The van der Waals surface area contributed by atoms with Crippen LogP contribution in [0.4, 0.5) is 0 Å². The Morgan fingerprint density at radius 2 is 1.88 bits per heavy atom. The number of nitrogens with zero attached hydrogens (tertiary/aromatic N) is 3. The van der Waals surface area contributed by atoms with Gasteiger partial charge in [0.05, 0.1) is 27.9 Å². The summed E-state index contributed by atoms with van der Waals surface area (Å²) >= 11 is 2.95. The summed E-state index contributed by atoms with van der Waals surface area (Å²) in [5, 5.41) is 0. The molecule has 1 aliphatic heterocycles. The molecule has 0 saturated heterocycles. The lowest BCUT2D eigenvalue weighted by Gasteiger charge is -2.25. The van der Waals surface area contributed by atoms with Crippen LogP contribution in [0.2, 0.25) is 0 Å². The largest absolute Gasteiger partial charge is 0.459 e. The highest BCUT2D eigenvalue weighted by Crippen LogP contribution is 2.31. The van der Waals surface area contributed by atoms with Crippen LogP contribution in [0.5, 0.6) is 0 Å². The van der Waals surface area contributed by atoms with E-state index >= 15 is 0 Å². The van der Waals surface area contributed by atoms with Gasteiger partial charge in [-0.05, 0) is 68.5 Å². The summed E-state index contributed by atoms with van der Waals surface area (Å²) in [5.41, 5.74) is 2.47. The van der Waals surface area contributed by atoms with Crippen LogP contribution >= 0.6 is 23.1 Å². The second-order valence-electron chi connectivity index (χ2n) is 7.59. The van der Waals surface area contributed by atoms with E-state index in [2.05, 4.69) is 9.98 Å². The summed E-state index contributed by atoms with van der Waals surface area (Å²) in [6, 6.07) is 11.0. The number of allylic oxidation sites excluding steroid dienone is 1. The molecule has 8 heteroatoms. The van der Waals surface area contributed by atoms with Gasteiger partial charge in [0.25, 0.3) is 5.56 Å². The molecular formula is C24H23N3O3S2. The number of rotatable bonds is 5. The molecule has 1 aliphatic rings. The van der Waals surface area contributed by atoms with Gasteiger partial charge in [0, 0.05) is 17.3 Å². The first-order valence-corrected chi connectivity index (χ1v) is 12.2. The van der Waals surface area contributed by atoms with E-state index in [1.54, 1.807) is 49.5 Å². The second kappa shape index (κ2) is 9.26. The average molecular weight is 466 g/mol. The van der Waals surface area contributed by atoms with E-state index in [1.807, 2.05) is 48.7 Å². The first-order valence-electron chi connectivity index (χ1n) is 10.2. The first-order chi connectivity index (χ1) is 15.4. The summed E-state index contributed by atoms with van der Waals surface area (Å²) < 4.78 is 7.68. The lowest BCUT2D eigenvalue weighted by molar-refractivity contribution is -0.143. The zero-order valence-electron chi connectivity index (χ0n) is 18.2. The lowest BCUT2D eigenvalue weighted by Crippen LogP contribution is -2.40. The minimum atomic E-state index is -0.604. The Labute approximate surface area is 194 Å². The highest BCUT2D eigenvalue weighted by molar-refractivity contribution is 7.98. The molecule has 0 saturated carbocycles. The Morgan fingerprint density at radius 3 is 2.50 bits per heavy atom. The van der Waals surface area contributed by atoms with Gasteiger partial charge >= 0.3 is 5.97 Å². The number of aromatic nitrogens is 2. The molecule has 3 aromatic rings. The van der Waals surface area contributed by atoms with Crippen molar-refractivity contribution in [2.24, 2.45) is 4.99 Å². The number of benzene rings is 1. The van der Waals surface area contributed by atoms with Crippen LogP contribution < -0.4 is 14.9 Å². The molecule has 0 N–H and O–H groups in total. The fraction of sp³-hybridized carbons (Fsp3) is 0.250. The second-order valence-corrected chi connectivity index (χ2v) is 9.48. The zero-order chi connectivity index (χ0) is 22.8. The molecule has 0 aliphatic carbocycles. The van der Waals surface area contributed by atoms with Crippen LogP contribution in [-0.4, -0.2) is 27.9 Å². The Hall–Kier alpha value is -2.97. The minimum absolute atomic E-state index is 0.188. The molecule has 0 fully saturated rings. The maximum absolute atomic E-state index is 13.5. The molecule has 0 radical (unpaired) electrons. The van der Waals surface area contributed by atoms with E-state index in [4.69, 9.17) is 4.74 Å². The van der Waals surface area contributed by atoms with Crippen molar-refractivity contribution in [3.8, 4) is 0 Å². The number of hydrogen-bond donors (Lipinski definition) is 0. The lowest BCUT2D eigenvalue weighted by atomic mass is 9.96. The van der Waals surface area contributed by atoms with Crippen molar-refractivity contribution < 1.29 is 9.53 Å². The maximum atomic E-state index is 13.5. The molecule has 1 aromatic carbocycles. The van der Waals surface area contributed by atoms with Crippen molar-refractivity contribution in [2.45, 2.75) is 37.8 Å². The summed E-state index contributed by atoms with van der Waals surface area (Å²) in [6.07, 6.45) is 6.92. The van der Waals surface area contributed by atoms with Gasteiger partial charge in [-0.2, -0.15) is 0 Å². The SMILES string of the molecule is CSc1ccc([C@@H]2C(C(=O)OC(C)C)=C(C)N=c3s/c(=C\c4ccncc4)c(=O)n32)cc1. The van der Waals surface area contributed by atoms with Crippen molar-refractivity contribution in [1.29, 1.82) is 0 Å². The van der Waals surface area contributed by atoms with Crippen molar-refractivity contribution in [2.75, 3.05) is 6.26 Å². The molecule has 0 spiro atoms. The molecule has 0 unspecified atom stereocenters. The first kappa shape index (κ1) is 22.2. The summed E-state index contributed by atoms with van der Waals surface area (Å²) in [5.74, 6) is -0.455. The molecule has 32 heavy (non-hydrogen) atoms. The quantitative estimate of drug-likeness (QED) is 0.427. The highest BCUT2D eigenvalue weighted by Gasteiger charge is 2.33. The van der Waals surface area contributed by atoms with Crippen LogP contribution in [0.3, 0.4) is 0 Å². The van der Waals surface area contributed by atoms with Crippen LogP contribution in [0.15, 0.2) is 74.7 Å². The number of fused-ring (bicyclic) bond motifs is 1. The molecule has 1 atom stereocenters. The predicted octanol–water partition coefficient (Wildman–Crippen LogP) is 3.30. The maximum Gasteiger partial charge on any atom is 0.338 e. The van der Waals surface area contributed by atoms with Crippen LogP contribution in [0, 0.1) is 0 Å². The van der Waals surface area contributed by atoms with Gasteiger partial charge in [-0.3, -0.25) is 14.3 Å². The van der Waals surface area contributed by atoms with Crippen LogP contribution in [-0.2, 0) is 9.53 Å². The Balaban J connectivity index is 1.94. The molecule has 0 amide bonds. The van der Waals surface area contributed by atoms with Crippen molar-refractivity contribution in [1.82, 2.24) is 9.55 Å². The van der Waals surface area contributed by atoms with E-state index < -0.39 is 12.0 Å². The Morgan fingerprint density at radius 1 is 1.19 bits per heavy atom. The van der Waals surface area contributed by atoms with E-state index in [9.17, 15) is 9.59 Å². The molecule has 0 bridgehead atoms. The van der Waals surface area contributed by atoms with Crippen molar-refractivity contribution in [3.63, 3.8) is 0 Å². The normalized spacial score (nSPS) is 16.2. The molecule has 3 heterocycles. The molecule has 2 aromatic heterocycles. The van der Waals surface area contributed by atoms with Crippen LogP contribution in [0.1, 0.15) is 37.9 Å². The van der Waals surface area contributed by atoms with E-state index in [0.29, 0.717) is 20.6 Å². The zero-order valence-corrected chi connectivity index (χ0v) is 19.9. The Bertz CT molecular complexity index is 1350. The third kappa shape index (κ3) is 4.33. The van der Waals surface area contributed by atoms with Gasteiger partial charge in [0.1, 0.15) is 0 Å². The summed E-state index contributed by atoms with van der Waals surface area (Å²) in [6.45, 7) is 5.40. The molecule has 6 nitrogen and oxygen atoms in total. The average Bonchev–Trinajstić information content (AvgIpc) is 3.07. The van der Waals surface area contributed by atoms with Gasteiger partial charge in [0.15, 0.2) is 4.80 Å². The third-order valence-corrected chi connectivity index (χ3v) is 6.75. The number of hydrogen-bond acceptors (Lipinski definition) is 7. The predicted molar refractivity (Wildman–Crippen MR) is 127 cm³/mol. The number of carbonyl (C=O) groups is 1. The van der Waals surface area contributed by atoms with Gasteiger partial charge in [-0.15, -0.1) is 11.8 Å². The van der Waals surface area contributed by atoms with E-state index in [0.717, 1.165) is 16.0 Å². The van der Waals surface area contributed by atoms with Gasteiger partial charge < -0.3 is 4.74 Å². The number of thiazole rings is 1. The van der Waals surface area contributed by atoms with Gasteiger partial charge in [0.2, 0.25) is 0 Å². The summed E-state index contributed by atoms with van der Waals surface area (Å²) in [4.78, 5) is 36.9. The van der Waals surface area contributed by atoms with Crippen LogP contribution in [0.25, 0.3) is 6.08 Å². The monoisotopic (exact) mass is 465 g/mol. The number of ether oxygens (including phenoxy) is 1. The fourth-order valence-corrected chi connectivity index (χ4v) is 5.03. The number of thioether (sulfide) groups is 1. The molecule has 164 valence electrons. The molecule has 4 rings (SSSR count).